The number of ether oxygens (including phenoxy) is 3. The minimum Gasteiger partial charge on any atom is -0.493 e. The van der Waals surface area contributed by atoms with E-state index in [4.69, 9.17) is 14.2 Å². The van der Waals surface area contributed by atoms with Gasteiger partial charge in [-0.25, -0.2) is 13.2 Å². The normalized spacial score (nSPS) is 13.1. The van der Waals surface area contributed by atoms with E-state index in [0.717, 1.165) is 11.3 Å². The lowest BCUT2D eigenvalue weighted by atomic mass is 10.2. The van der Waals surface area contributed by atoms with Crippen LogP contribution in [0.15, 0.2) is 77.7 Å². The number of hydrogen-bond acceptors (Lipinski definition) is 6. The molecule has 0 aromatic heterocycles. The second-order valence-electron chi connectivity index (χ2n) is 7.27. The van der Waals surface area contributed by atoms with Crippen LogP contribution < -0.4 is 18.5 Å². The van der Waals surface area contributed by atoms with Crippen LogP contribution in [0.5, 0.6) is 17.2 Å². The van der Waals surface area contributed by atoms with Gasteiger partial charge in [0.15, 0.2) is 11.5 Å². The fourth-order valence-corrected chi connectivity index (χ4v) is 5.16. The highest BCUT2D eigenvalue weighted by Crippen LogP contribution is 2.37. The van der Waals surface area contributed by atoms with Gasteiger partial charge in [0, 0.05) is 12.6 Å². The molecule has 0 saturated heterocycles. The molecule has 33 heavy (non-hydrogen) atoms. The van der Waals surface area contributed by atoms with Crippen molar-refractivity contribution in [2.24, 2.45) is 0 Å². The van der Waals surface area contributed by atoms with Gasteiger partial charge >= 0.3 is 5.97 Å². The Bertz CT molecular complexity index is 1280. The van der Waals surface area contributed by atoms with Crippen LogP contribution in [0.25, 0.3) is 6.08 Å². The number of carbonyl (C=O) groups excluding carboxylic acids is 1. The molecule has 0 aliphatic carbocycles. The Labute approximate surface area is 192 Å². The Morgan fingerprint density at radius 3 is 2.24 bits per heavy atom. The van der Waals surface area contributed by atoms with Crippen LogP contribution in [0.2, 0.25) is 0 Å². The molecule has 4 rings (SSSR count). The van der Waals surface area contributed by atoms with Gasteiger partial charge in [-0.3, -0.25) is 4.31 Å². The molecule has 8 heteroatoms. The second-order valence-corrected chi connectivity index (χ2v) is 9.13. The molecule has 0 unspecified atom stereocenters. The fourth-order valence-electron chi connectivity index (χ4n) is 3.65. The first-order chi connectivity index (χ1) is 15.9. The van der Waals surface area contributed by atoms with Crippen molar-refractivity contribution in [1.82, 2.24) is 0 Å². The summed E-state index contributed by atoms with van der Waals surface area (Å²) in [6, 6.07) is 18.9. The maximum atomic E-state index is 13.1. The third-order valence-electron chi connectivity index (χ3n) is 5.31. The highest BCUT2D eigenvalue weighted by Gasteiger charge is 2.30. The highest BCUT2D eigenvalue weighted by molar-refractivity contribution is 7.92. The summed E-state index contributed by atoms with van der Waals surface area (Å²) in [7, 11) is -0.725. The first-order valence-electron chi connectivity index (χ1n) is 10.3. The maximum Gasteiger partial charge on any atom is 0.336 e. The number of anilines is 1. The van der Waals surface area contributed by atoms with Gasteiger partial charge in [-0.15, -0.1) is 0 Å². The van der Waals surface area contributed by atoms with E-state index in [9.17, 15) is 13.2 Å². The third kappa shape index (κ3) is 4.56. The fraction of sp³-hybridized carbons (Fsp3) is 0.160. The second kappa shape index (κ2) is 9.38. The number of para-hydroxylation sites is 2. The molecule has 0 saturated carbocycles. The lowest BCUT2D eigenvalue weighted by Gasteiger charge is -2.19. The molecule has 1 heterocycles. The van der Waals surface area contributed by atoms with Gasteiger partial charge in [-0.05, 0) is 54.0 Å². The van der Waals surface area contributed by atoms with Crippen molar-refractivity contribution in [3.63, 3.8) is 0 Å². The van der Waals surface area contributed by atoms with Crippen molar-refractivity contribution >= 4 is 27.8 Å². The van der Waals surface area contributed by atoms with Crippen molar-refractivity contribution < 1.29 is 27.4 Å². The Hall–Kier alpha value is -3.78. The number of carbonyl (C=O) groups is 1. The number of sulfonamides is 1. The van der Waals surface area contributed by atoms with Crippen LogP contribution >= 0.6 is 0 Å². The smallest absolute Gasteiger partial charge is 0.336 e. The molecule has 0 bridgehead atoms. The van der Waals surface area contributed by atoms with E-state index in [1.165, 1.54) is 36.7 Å². The van der Waals surface area contributed by atoms with Gasteiger partial charge in [-0.2, -0.15) is 0 Å². The van der Waals surface area contributed by atoms with Crippen LogP contribution in [0, 0.1) is 0 Å². The van der Waals surface area contributed by atoms with E-state index < -0.39 is 16.0 Å². The molecular weight excluding hydrogens is 442 g/mol. The Morgan fingerprint density at radius 2 is 1.58 bits per heavy atom. The lowest BCUT2D eigenvalue weighted by Crippen LogP contribution is -2.29. The third-order valence-corrected chi connectivity index (χ3v) is 7.14. The van der Waals surface area contributed by atoms with E-state index in [0.29, 0.717) is 30.0 Å². The summed E-state index contributed by atoms with van der Waals surface area (Å²) in [5, 5.41) is 0. The number of rotatable bonds is 7. The predicted octanol–water partition coefficient (Wildman–Crippen LogP) is 4.07. The topological polar surface area (TPSA) is 82.1 Å². The van der Waals surface area contributed by atoms with Gasteiger partial charge < -0.3 is 14.2 Å². The summed E-state index contributed by atoms with van der Waals surface area (Å²) >= 11 is 0. The Morgan fingerprint density at radius 1 is 0.909 bits per heavy atom. The molecule has 7 nitrogen and oxygen atoms in total. The minimum atomic E-state index is -3.67. The first-order valence-corrected chi connectivity index (χ1v) is 11.7. The minimum absolute atomic E-state index is 0.185. The molecule has 0 amide bonds. The van der Waals surface area contributed by atoms with Gasteiger partial charge in [0.05, 0.1) is 24.8 Å². The van der Waals surface area contributed by atoms with E-state index in [1.807, 2.05) is 24.3 Å². The summed E-state index contributed by atoms with van der Waals surface area (Å²) in [6.07, 6.45) is 3.49. The maximum absolute atomic E-state index is 13.1. The molecule has 1 aliphatic heterocycles. The zero-order valence-corrected chi connectivity index (χ0v) is 19.0. The number of methoxy groups -OCH3 is 2. The quantitative estimate of drug-likeness (QED) is 0.297. The van der Waals surface area contributed by atoms with Gasteiger partial charge in [-0.1, -0.05) is 36.4 Å². The van der Waals surface area contributed by atoms with Gasteiger partial charge in [0.1, 0.15) is 0 Å². The average molecular weight is 466 g/mol. The largest absolute Gasteiger partial charge is 0.493 e. The standard InChI is InChI=1S/C25H23NO6S/c1-30-22-8-5-9-23(31-2)25(22)32-24(27)15-12-18-10-13-20(14-11-18)33(28,29)26-17-16-19-6-3-4-7-21(19)26/h3-15H,16-17H2,1-2H3/b15-12+. The Kier molecular flexibility index (Phi) is 6.37. The van der Waals surface area contributed by atoms with Crippen molar-refractivity contribution in [2.75, 3.05) is 25.1 Å². The summed E-state index contributed by atoms with van der Waals surface area (Å²) in [4.78, 5) is 12.5. The van der Waals surface area contributed by atoms with Gasteiger partial charge in [0.25, 0.3) is 10.0 Å². The van der Waals surface area contributed by atoms with Crippen LogP contribution in [0.1, 0.15) is 11.1 Å². The summed E-state index contributed by atoms with van der Waals surface area (Å²) < 4.78 is 43.5. The van der Waals surface area contributed by atoms with E-state index in [-0.39, 0.29) is 10.6 Å². The molecule has 0 radical (unpaired) electrons. The molecule has 0 N–H and O–H groups in total. The molecule has 1 aliphatic rings. The Balaban J connectivity index is 1.48. The number of hydrogen-bond donors (Lipinski definition) is 0. The monoisotopic (exact) mass is 465 g/mol. The SMILES string of the molecule is COc1cccc(OC)c1OC(=O)/C=C/c1ccc(S(=O)(=O)N2CCc3ccccc32)cc1. The molecule has 0 atom stereocenters. The molecular formula is C25H23NO6S. The summed E-state index contributed by atoms with van der Waals surface area (Å²) in [5.74, 6) is 0.302. The van der Waals surface area contributed by atoms with Crippen LogP contribution in [0.3, 0.4) is 0 Å². The zero-order valence-electron chi connectivity index (χ0n) is 18.2. The highest BCUT2D eigenvalue weighted by atomic mass is 32.2. The zero-order chi connectivity index (χ0) is 23.4. The molecule has 3 aromatic rings. The number of fused-ring (bicyclic) bond motifs is 1. The van der Waals surface area contributed by atoms with Crippen molar-refractivity contribution in [1.29, 1.82) is 0 Å². The summed E-state index contributed by atoms with van der Waals surface area (Å²) in [6.45, 7) is 0.418. The molecule has 3 aromatic carbocycles. The van der Waals surface area contributed by atoms with E-state index in [2.05, 4.69) is 0 Å². The van der Waals surface area contributed by atoms with Crippen molar-refractivity contribution in [3.05, 3.63) is 83.9 Å². The van der Waals surface area contributed by atoms with Crippen LogP contribution in [-0.4, -0.2) is 35.2 Å². The summed E-state index contributed by atoms with van der Waals surface area (Å²) in [5.41, 5.74) is 2.39. The average Bonchev–Trinajstić information content (AvgIpc) is 3.28. The number of nitrogens with zero attached hydrogens (tertiary/aromatic N) is 1. The lowest BCUT2D eigenvalue weighted by molar-refractivity contribution is -0.129. The molecule has 170 valence electrons. The van der Waals surface area contributed by atoms with Crippen LogP contribution in [-0.2, 0) is 21.2 Å². The number of esters is 1. The van der Waals surface area contributed by atoms with Gasteiger partial charge in [0.2, 0.25) is 5.75 Å². The van der Waals surface area contributed by atoms with Crippen molar-refractivity contribution in [2.45, 2.75) is 11.3 Å². The first kappa shape index (κ1) is 22.4. The molecule has 0 fully saturated rings. The molecule has 0 spiro atoms. The van der Waals surface area contributed by atoms with E-state index >= 15 is 0 Å². The predicted molar refractivity (Wildman–Crippen MR) is 125 cm³/mol. The van der Waals surface area contributed by atoms with Crippen LogP contribution in [0.4, 0.5) is 5.69 Å². The van der Waals surface area contributed by atoms with Crippen molar-refractivity contribution in [3.8, 4) is 17.2 Å². The number of benzene rings is 3. The van der Waals surface area contributed by atoms with E-state index in [1.54, 1.807) is 36.4 Å².